The molecule has 1 fully saturated rings. The Hall–Kier alpha value is -1.06. The van der Waals surface area contributed by atoms with E-state index in [1.165, 1.54) is 24.0 Å². The molecule has 1 saturated heterocycles. The molecule has 21 heavy (non-hydrogen) atoms. The number of benzene rings is 1. The van der Waals surface area contributed by atoms with Crippen molar-refractivity contribution in [2.45, 2.75) is 51.5 Å². The van der Waals surface area contributed by atoms with Crippen LogP contribution in [0.1, 0.15) is 43.2 Å². The van der Waals surface area contributed by atoms with Gasteiger partial charge in [-0.15, -0.1) is 12.4 Å². The van der Waals surface area contributed by atoms with Crippen molar-refractivity contribution >= 4 is 18.3 Å². The second-order valence-corrected chi connectivity index (χ2v) is 5.79. The minimum atomic E-state index is 0. The van der Waals surface area contributed by atoms with Gasteiger partial charge in [0.25, 0.3) is 0 Å². The lowest BCUT2D eigenvalue weighted by Crippen LogP contribution is -2.37. The second-order valence-electron chi connectivity index (χ2n) is 5.79. The average molecular weight is 311 g/mol. The van der Waals surface area contributed by atoms with Crippen molar-refractivity contribution in [3.63, 3.8) is 0 Å². The molecule has 1 aromatic carbocycles. The number of amides is 1. The smallest absolute Gasteiger partial charge is 0.220 e. The molecule has 0 aromatic heterocycles. The predicted molar refractivity (Wildman–Crippen MR) is 90.0 cm³/mol. The normalized spacial score (nSPS) is 17.3. The monoisotopic (exact) mass is 310 g/mol. The molecule has 1 amide bonds. The first-order valence-corrected chi connectivity index (χ1v) is 7.79. The van der Waals surface area contributed by atoms with E-state index in [1.54, 1.807) is 0 Å². The molecule has 1 aromatic rings. The summed E-state index contributed by atoms with van der Waals surface area (Å²) < 4.78 is 0. The Morgan fingerprint density at radius 3 is 2.71 bits per heavy atom. The largest absolute Gasteiger partial charge is 0.355 e. The molecule has 0 bridgehead atoms. The van der Waals surface area contributed by atoms with Crippen LogP contribution in [0.15, 0.2) is 24.3 Å². The number of hydrogen-bond donors (Lipinski definition) is 2. The van der Waals surface area contributed by atoms with Gasteiger partial charge in [0, 0.05) is 19.0 Å². The summed E-state index contributed by atoms with van der Waals surface area (Å²) in [5.74, 6) is 0.197. The summed E-state index contributed by atoms with van der Waals surface area (Å²) in [7, 11) is 0. The lowest BCUT2D eigenvalue weighted by molar-refractivity contribution is -0.121. The van der Waals surface area contributed by atoms with Gasteiger partial charge in [-0.1, -0.05) is 29.8 Å². The maximum atomic E-state index is 11.7. The van der Waals surface area contributed by atoms with Crippen LogP contribution in [0.5, 0.6) is 0 Å². The number of unbranched alkanes of at least 4 members (excludes halogenated alkanes) is 1. The molecule has 118 valence electrons. The first-order chi connectivity index (χ1) is 9.74. The molecule has 1 heterocycles. The Bertz CT molecular complexity index is 413. The Morgan fingerprint density at radius 2 is 2.05 bits per heavy atom. The minimum absolute atomic E-state index is 0. The number of rotatable bonds is 7. The van der Waals surface area contributed by atoms with Crippen molar-refractivity contribution in [1.29, 1.82) is 0 Å². The number of hydrogen-bond acceptors (Lipinski definition) is 2. The fourth-order valence-corrected chi connectivity index (χ4v) is 2.63. The van der Waals surface area contributed by atoms with E-state index in [-0.39, 0.29) is 18.3 Å². The summed E-state index contributed by atoms with van der Waals surface area (Å²) in [6.45, 7) is 3.99. The zero-order chi connectivity index (χ0) is 14.2. The van der Waals surface area contributed by atoms with Crippen molar-refractivity contribution in [2.24, 2.45) is 0 Å². The fraction of sp³-hybridized carbons (Fsp3) is 0.588. The summed E-state index contributed by atoms with van der Waals surface area (Å²) in [6, 6.07) is 9.15. The summed E-state index contributed by atoms with van der Waals surface area (Å²) in [5.41, 5.74) is 2.67. The maximum absolute atomic E-state index is 11.7. The molecule has 0 aliphatic carbocycles. The van der Waals surface area contributed by atoms with E-state index in [9.17, 15) is 4.79 Å². The van der Waals surface area contributed by atoms with Gasteiger partial charge in [-0.25, -0.2) is 0 Å². The highest BCUT2D eigenvalue weighted by atomic mass is 35.5. The second kappa shape index (κ2) is 9.80. The molecule has 3 nitrogen and oxygen atoms in total. The average Bonchev–Trinajstić information content (AvgIpc) is 2.96. The van der Waals surface area contributed by atoms with E-state index in [1.807, 2.05) is 0 Å². The summed E-state index contributed by atoms with van der Waals surface area (Å²) >= 11 is 0. The van der Waals surface area contributed by atoms with Crippen molar-refractivity contribution in [2.75, 3.05) is 13.1 Å². The number of aryl methyl sites for hydroxylation is 2. The van der Waals surface area contributed by atoms with Crippen LogP contribution in [-0.4, -0.2) is 25.0 Å². The van der Waals surface area contributed by atoms with Crippen molar-refractivity contribution in [3.05, 3.63) is 35.4 Å². The van der Waals surface area contributed by atoms with Crippen LogP contribution in [-0.2, 0) is 11.2 Å². The Morgan fingerprint density at radius 1 is 1.29 bits per heavy atom. The van der Waals surface area contributed by atoms with Crippen LogP contribution in [0, 0.1) is 6.92 Å². The molecule has 2 N–H and O–H groups in total. The van der Waals surface area contributed by atoms with Crippen LogP contribution >= 0.6 is 12.4 Å². The summed E-state index contributed by atoms with van der Waals surface area (Å²) in [5, 5.41) is 6.42. The molecule has 1 unspecified atom stereocenters. The number of carbonyl (C=O) groups excluding carboxylic acids is 1. The van der Waals surface area contributed by atoms with Crippen molar-refractivity contribution in [1.82, 2.24) is 10.6 Å². The van der Waals surface area contributed by atoms with Gasteiger partial charge in [-0.05, 0) is 51.1 Å². The third kappa shape index (κ3) is 6.96. The molecule has 0 spiro atoms. The highest BCUT2D eigenvalue weighted by Gasteiger charge is 2.14. The van der Waals surface area contributed by atoms with Gasteiger partial charge < -0.3 is 10.6 Å². The van der Waals surface area contributed by atoms with Gasteiger partial charge in [0.1, 0.15) is 0 Å². The summed E-state index contributed by atoms with van der Waals surface area (Å²) in [4.78, 5) is 11.7. The van der Waals surface area contributed by atoms with Crippen LogP contribution < -0.4 is 10.6 Å². The Balaban J connectivity index is 0.00000220. The van der Waals surface area contributed by atoms with E-state index in [0.29, 0.717) is 12.5 Å². The van der Waals surface area contributed by atoms with E-state index >= 15 is 0 Å². The van der Waals surface area contributed by atoms with Crippen LogP contribution in [0.3, 0.4) is 0 Å². The molecule has 0 saturated carbocycles. The zero-order valence-corrected chi connectivity index (χ0v) is 13.7. The number of halogens is 1. The number of carbonyl (C=O) groups is 1. The molecule has 1 aliphatic heterocycles. The zero-order valence-electron chi connectivity index (χ0n) is 12.9. The third-order valence-electron chi connectivity index (χ3n) is 3.95. The van der Waals surface area contributed by atoms with Crippen LogP contribution in [0.2, 0.25) is 0 Å². The quantitative estimate of drug-likeness (QED) is 0.760. The van der Waals surface area contributed by atoms with E-state index in [0.717, 1.165) is 32.4 Å². The topological polar surface area (TPSA) is 41.1 Å². The van der Waals surface area contributed by atoms with E-state index in [4.69, 9.17) is 0 Å². The third-order valence-corrected chi connectivity index (χ3v) is 3.95. The number of nitrogens with one attached hydrogen (secondary N) is 2. The van der Waals surface area contributed by atoms with Gasteiger partial charge in [-0.2, -0.15) is 0 Å². The van der Waals surface area contributed by atoms with Gasteiger partial charge in [0.05, 0.1) is 0 Å². The first-order valence-electron chi connectivity index (χ1n) is 7.79. The highest BCUT2D eigenvalue weighted by Crippen LogP contribution is 2.08. The van der Waals surface area contributed by atoms with Crippen molar-refractivity contribution in [3.8, 4) is 0 Å². The van der Waals surface area contributed by atoms with Gasteiger partial charge in [0.2, 0.25) is 5.91 Å². The van der Waals surface area contributed by atoms with Gasteiger partial charge in [-0.3, -0.25) is 4.79 Å². The van der Waals surface area contributed by atoms with Gasteiger partial charge in [0.15, 0.2) is 0 Å². The Kier molecular flexibility index (Phi) is 8.40. The fourth-order valence-electron chi connectivity index (χ4n) is 2.63. The Labute approximate surface area is 134 Å². The maximum Gasteiger partial charge on any atom is 0.220 e. The van der Waals surface area contributed by atoms with Crippen LogP contribution in [0.25, 0.3) is 0 Å². The van der Waals surface area contributed by atoms with E-state index in [2.05, 4.69) is 41.8 Å². The highest BCUT2D eigenvalue weighted by molar-refractivity contribution is 5.85. The molecule has 4 heteroatoms. The molecule has 1 atom stereocenters. The van der Waals surface area contributed by atoms with Gasteiger partial charge >= 0.3 is 0 Å². The van der Waals surface area contributed by atoms with E-state index < -0.39 is 0 Å². The minimum Gasteiger partial charge on any atom is -0.355 e. The SMILES string of the molecule is Cc1ccc(CCCCC(=O)NCC2CCCN2)cc1.Cl. The lowest BCUT2D eigenvalue weighted by Gasteiger charge is -2.11. The molecule has 1 aliphatic rings. The first kappa shape index (κ1) is 18.0. The molecule has 2 rings (SSSR count). The lowest BCUT2D eigenvalue weighted by atomic mass is 10.1. The van der Waals surface area contributed by atoms with Crippen LogP contribution in [0.4, 0.5) is 0 Å². The molecular formula is C17H27ClN2O. The van der Waals surface area contributed by atoms with Crippen molar-refractivity contribution < 1.29 is 4.79 Å². The molecule has 0 radical (unpaired) electrons. The summed E-state index contributed by atoms with van der Waals surface area (Å²) in [6.07, 6.45) is 6.19. The molecular weight excluding hydrogens is 284 g/mol. The predicted octanol–water partition coefficient (Wildman–Crippen LogP) is 3.00. The standard InChI is InChI=1S/C17H26N2O.ClH/c1-14-8-10-15(11-9-14)5-2-3-7-17(20)19-13-16-6-4-12-18-16;/h8-11,16,18H,2-7,12-13H2,1H3,(H,19,20);1H.